The Kier molecular flexibility index (Phi) is 3.36. The molecule has 0 bridgehead atoms. The smallest absolute Gasteiger partial charge is 0.262 e. The lowest BCUT2D eigenvalue weighted by atomic mass is 9.88. The summed E-state index contributed by atoms with van der Waals surface area (Å²) in [5.74, 6) is -0.130. The first-order chi connectivity index (χ1) is 10.6. The number of carbonyl (C=O) groups excluding carboxylic acids is 2. The quantitative estimate of drug-likeness (QED) is 0.789. The summed E-state index contributed by atoms with van der Waals surface area (Å²) in [6.07, 6.45) is 0. The zero-order valence-electron chi connectivity index (χ0n) is 14.2. The van der Waals surface area contributed by atoms with Gasteiger partial charge in [0.25, 0.3) is 11.8 Å². The van der Waals surface area contributed by atoms with E-state index < -0.39 is 5.54 Å². The van der Waals surface area contributed by atoms with Crippen molar-refractivity contribution in [3.63, 3.8) is 0 Å². The van der Waals surface area contributed by atoms with E-state index >= 15 is 0 Å². The van der Waals surface area contributed by atoms with Gasteiger partial charge in [0.1, 0.15) is 12.1 Å². The normalized spacial score (nSPS) is 21.3. The third-order valence-corrected chi connectivity index (χ3v) is 4.53. The fourth-order valence-electron chi connectivity index (χ4n) is 2.94. The van der Waals surface area contributed by atoms with E-state index in [9.17, 15) is 9.59 Å². The standard InChI is InChI=1S/C18H22N2O3/c1-17(2,3)13-10-23-16(19-13)18(4,5)20-14(21)11-8-6-7-9-12(11)15(20)22/h6-9,13H,10H2,1-5H3/t13-/m0/s1. The van der Waals surface area contributed by atoms with Crippen LogP contribution >= 0.6 is 0 Å². The Morgan fingerprint density at radius 2 is 1.57 bits per heavy atom. The SMILES string of the molecule is CC(C)(C)[C@@H]1COC(C(C)(C)N2C(=O)c3ccccc3C2=O)=N1. The second-order valence-electron chi connectivity index (χ2n) is 7.68. The van der Waals surface area contributed by atoms with Gasteiger partial charge < -0.3 is 4.74 Å². The lowest BCUT2D eigenvalue weighted by molar-refractivity contribution is 0.0535. The summed E-state index contributed by atoms with van der Waals surface area (Å²) in [5, 5.41) is 0. The number of imide groups is 1. The minimum absolute atomic E-state index is 0.0203. The van der Waals surface area contributed by atoms with Gasteiger partial charge in [0.2, 0.25) is 5.90 Å². The lowest BCUT2D eigenvalue weighted by Crippen LogP contribution is -2.53. The molecule has 1 atom stereocenters. The van der Waals surface area contributed by atoms with Crippen LogP contribution in [0.25, 0.3) is 0 Å². The Balaban J connectivity index is 1.96. The molecule has 122 valence electrons. The van der Waals surface area contributed by atoms with Crippen molar-refractivity contribution in [2.75, 3.05) is 6.61 Å². The molecule has 2 aliphatic rings. The van der Waals surface area contributed by atoms with E-state index in [2.05, 4.69) is 25.8 Å². The third kappa shape index (κ3) is 2.35. The number of rotatable bonds is 2. The van der Waals surface area contributed by atoms with Gasteiger partial charge in [-0.15, -0.1) is 0 Å². The lowest BCUT2D eigenvalue weighted by Gasteiger charge is -2.32. The van der Waals surface area contributed by atoms with Crippen LogP contribution in [-0.4, -0.2) is 40.8 Å². The van der Waals surface area contributed by atoms with E-state index in [0.29, 0.717) is 23.6 Å². The van der Waals surface area contributed by atoms with Crippen molar-refractivity contribution in [2.45, 2.75) is 46.2 Å². The average molecular weight is 314 g/mol. The Bertz CT molecular complexity index is 678. The van der Waals surface area contributed by atoms with Crippen LogP contribution in [0, 0.1) is 5.41 Å². The fourth-order valence-corrected chi connectivity index (χ4v) is 2.94. The zero-order chi connectivity index (χ0) is 17.0. The number of carbonyl (C=O) groups is 2. The fraction of sp³-hybridized carbons (Fsp3) is 0.500. The summed E-state index contributed by atoms with van der Waals surface area (Å²) in [5.41, 5.74) is -0.0550. The first-order valence-corrected chi connectivity index (χ1v) is 7.83. The number of hydrogen-bond donors (Lipinski definition) is 0. The number of amides is 2. The van der Waals surface area contributed by atoms with Crippen molar-refractivity contribution in [1.82, 2.24) is 4.90 Å². The molecule has 1 aromatic carbocycles. The van der Waals surface area contributed by atoms with Gasteiger partial charge in [-0.05, 0) is 31.4 Å². The average Bonchev–Trinajstić information content (AvgIpc) is 3.05. The molecular formula is C18H22N2O3. The van der Waals surface area contributed by atoms with Gasteiger partial charge in [0, 0.05) is 0 Å². The Morgan fingerprint density at radius 3 is 2.00 bits per heavy atom. The van der Waals surface area contributed by atoms with Crippen molar-refractivity contribution in [1.29, 1.82) is 0 Å². The molecule has 0 radical (unpaired) electrons. The highest BCUT2D eigenvalue weighted by atomic mass is 16.5. The molecule has 2 heterocycles. The molecular weight excluding hydrogens is 292 g/mol. The molecule has 5 heteroatoms. The Hall–Kier alpha value is -2.17. The minimum atomic E-state index is -0.910. The van der Waals surface area contributed by atoms with E-state index in [-0.39, 0.29) is 23.3 Å². The number of ether oxygens (including phenoxy) is 1. The number of hydrogen-bond acceptors (Lipinski definition) is 4. The maximum Gasteiger partial charge on any atom is 0.262 e. The van der Waals surface area contributed by atoms with Gasteiger partial charge in [-0.1, -0.05) is 32.9 Å². The molecule has 0 saturated heterocycles. The zero-order valence-corrected chi connectivity index (χ0v) is 14.2. The molecule has 0 saturated carbocycles. The molecule has 23 heavy (non-hydrogen) atoms. The van der Waals surface area contributed by atoms with Gasteiger partial charge >= 0.3 is 0 Å². The monoisotopic (exact) mass is 314 g/mol. The maximum absolute atomic E-state index is 12.7. The van der Waals surface area contributed by atoms with Crippen molar-refractivity contribution in [2.24, 2.45) is 10.4 Å². The molecule has 0 N–H and O–H groups in total. The van der Waals surface area contributed by atoms with Gasteiger partial charge in [-0.25, -0.2) is 4.99 Å². The van der Waals surface area contributed by atoms with E-state index in [4.69, 9.17) is 4.74 Å². The highest BCUT2D eigenvalue weighted by Gasteiger charge is 2.49. The Morgan fingerprint density at radius 1 is 1.04 bits per heavy atom. The summed E-state index contributed by atoms with van der Waals surface area (Å²) in [7, 11) is 0. The van der Waals surface area contributed by atoms with Crippen LogP contribution in [-0.2, 0) is 4.74 Å². The van der Waals surface area contributed by atoms with Crippen LogP contribution in [0.3, 0.4) is 0 Å². The van der Waals surface area contributed by atoms with Crippen LogP contribution in [0.5, 0.6) is 0 Å². The molecule has 2 aliphatic heterocycles. The van der Waals surface area contributed by atoms with Crippen molar-refractivity contribution in [3.05, 3.63) is 35.4 Å². The number of aliphatic imine (C=N–C) groups is 1. The summed E-state index contributed by atoms with van der Waals surface area (Å²) < 4.78 is 5.77. The van der Waals surface area contributed by atoms with Crippen molar-refractivity contribution >= 4 is 17.7 Å². The van der Waals surface area contributed by atoms with Crippen LogP contribution in [0.15, 0.2) is 29.3 Å². The molecule has 2 amide bonds. The van der Waals surface area contributed by atoms with Gasteiger partial charge in [-0.2, -0.15) is 0 Å². The second kappa shape index (κ2) is 4.91. The number of nitrogens with zero attached hydrogens (tertiary/aromatic N) is 2. The van der Waals surface area contributed by atoms with Crippen LogP contribution in [0.1, 0.15) is 55.3 Å². The Labute approximate surface area is 136 Å². The molecule has 0 unspecified atom stereocenters. The second-order valence-corrected chi connectivity index (χ2v) is 7.68. The van der Waals surface area contributed by atoms with Crippen LogP contribution in [0.4, 0.5) is 0 Å². The maximum atomic E-state index is 12.7. The molecule has 1 aromatic rings. The summed E-state index contributed by atoms with van der Waals surface area (Å²) in [4.78, 5) is 31.3. The molecule has 0 spiro atoms. The predicted octanol–water partition coefficient (Wildman–Crippen LogP) is 2.90. The first-order valence-electron chi connectivity index (χ1n) is 7.83. The van der Waals surface area contributed by atoms with Crippen LogP contribution < -0.4 is 0 Å². The van der Waals surface area contributed by atoms with Gasteiger partial charge in [0.15, 0.2) is 0 Å². The minimum Gasteiger partial charge on any atom is -0.477 e. The van der Waals surface area contributed by atoms with E-state index in [1.807, 2.05) is 0 Å². The van der Waals surface area contributed by atoms with E-state index in [1.165, 1.54) is 4.90 Å². The van der Waals surface area contributed by atoms with Gasteiger partial charge in [-0.3, -0.25) is 14.5 Å². The largest absolute Gasteiger partial charge is 0.477 e. The highest BCUT2D eigenvalue weighted by molar-refractivity contribution is 6.23. The predicted molar refractivity (Wildman–Crippen MR) is 87.7 cm³/mol. The first kappa shape index (κ1) is 15.7. The van der Waals surface area contributed by atoms with Crippen molar-refractivity contribution < 1.29 is 14.3 Å². The third-order valence-electron chi connectivity index (χ3n) is 4.53. The topological polar surface area (TPSA) is 59.0 Å². The molecule has 0 aliphatic carbocycles. The van der Waals surface area contributed by atoms with E-state index in [1.54, 1.807) is 38.1 Å². The van der Waals surface area contributed by atoms with E-state index in [0.717, 1.165) is 0 Å². The number of benzene rings is 1. The molecule has 0 fully saturated rings. The molecule has 0 aromatic heterocycles. The summed E-state index contributed by atoms with van der Waals surface area (Å²) in [6, 6.07) is 6.91. The molecule has 3 rings (SSSR count). The van der Waals surface area contributed by atoms with Crippen LogP contribution in [0.2, 0.25) is 0 Å². The number of fused-ring (bicyclic) bond motifs is 1. The summed E-state index contributed by atoms with van der Waals surface area (Å²) >= 11 is 0. The van der Waals surface area contributed by atoms with Gasteiger partial charge in [0.05, 0.1) is 17.2 Å². The molecule has 5 nitrogen and oxygen atoms in total. The highest BCUT2D eigenvalue weighted by Crippen LogP contribution is 2.34. The van der Waals surface area contributed by atoms with Crippen molar-refractivity contribution in [3.8, 4) is 0 Å². The summed E-state index contributed by atoms with van der Waals surface area (Å²) in [6.45, 7) is 10.4.